The zero-order chi connectivity index (χ0) is 16.4. The van der Waals surface area contributed by atoms with Gasteiger partial charge in [0, 0.05) is 18.6 Å². The second-order valence-corrected chi connectivity index (χ2v) is 5.10. The Kier molecular flexibility index (Phi) is 4.30. The molecule has 6 heteroatoms. The Hall–Kier alpha value is -2.63. The van der Waals surface area contributed by atoms with Crippen LogP contribution >= 0.6 is 0 Å². The highest BCUT2D eigenvalue weighted by molar-refractivity contribution is 6.41. The first kappa shape index (κ1) is 15.8. The number of phenols is 2. The highest BCUT2D eigenvalue weighted by Crippen LogP contribution is 2.38. The van der Waals surface area contributed by atoms with Crippen molar-refractivity contribution >= 4 is 17.3 Å². The molecule has 1 unspecified atom stereocenters. The summed E-state index contributed by atoms with van der Waals surface area (Å²) < 4.78 is 5.57. The molecule has 1 aliphatic rings. The standard InChI is InChI=1S/C16H16O6/c1-3-10(18)11(19)4-8(2)14-7-13(21)16-12(20)5-9(17)6-15(16)22-14/h4-6,14,17,20H,3,7H2,1-2H3/b8-4+. The first-order chi connectivity index (χ1) is 10.3. The van der Waals surface area contributed by atoms with Gasteiger partial charge in [0.25, 0.3) is 0 Å². The van der Waals surface area contributed by atoms with E-state index in [0.717, 1.165) is 12.1 Å². The molecule has 0 aromatic heterocycles. The van der Waals surface area contributed by atoms with E-state index in [1.807, 2.05) is 0 Å². The molecule has 0 radical (unpaired) electrons. The quantitative estimate of drug-likeness (QED) is 0.651. The smallest absolute Gasteiger partial charge is 0.221 e. The van der Waals surface area contributed by atoms with Gasteiger partial charge >= 0.3 is 0 Å². The molecule has 1 atom stereocenters. The van der Waals surface area contributed by atoms with Crippen LogP contribution in [0.4, 0.5) is 0 Å². The Morgan fingerprint density at radius 3 is 2.68 bits per heavy atom. The summed E-state index contributed by atoms with van der Waals surface area (Å²) in [7, 11) is 0. The van der Waals surface area contributed by atoms with E-state index in [9.17, 15) is 24.6 Å². The van der Waals surface area contributed by atoms with E-state index in [4.69, 9.17) is 4.74 Å². The maximum Gasteiger partial charge on any atom is 0.221 e. The lowest BCUT2D eigenvalue weighted by Crippen LogP contribution is -2.28. The number of ketones is 3. The monoisotopic (exact) mass is 304 g/mol. The Labute approximate surface area is 127 Å². The molecule has 2 N–H and O–H groups in total. The van der Waals surface area contributed by atoms with Crippen LogP contribution in [0.25, 0.3) is 0 Å². The molecule has 1 aromatic carbocycles. The van der Waals surface area contributed by atoms with Crippen LogP contribution in [0.1, 0.15) is 37.0 Å². The van der Waals surface area contributed by atoms with Crippen molar-refractivity contribution in [3.05, 3.63) is 29.3 Å². The van der Waals surface area contributed by atoms with Gasteiger partial charge in [-0.05, 0) is 18.6 Å². The number of benzene rings is 1. The molecular formula is C16H16O6. The van der Waals surface area contributed by atoms with E-state index in [0.29, 0.717) is 5.57 Å². The molecular weight excluding hydrogens is 288 g/mol. The first-order valence-corrected chi connectivity index (χ1v) is 6.84. The Morgan fingerprint density at radius 2 is 2.05 bits per heavy atom. The maximum absolute atomic E-state index is 12.1. The third kappa shape index (κ3) is 3.00. The molecule has 1 heterocycles. The Balaban J connectivity index is 2.30. The summed E-state index contributed by atoms with van der Waals surface area (Å²) in [6, 6.07) is 2.29. The number of aromatic hydroxyl groups is 2. The van der Waals surface area contributed by atoms with Gasteiger partial charge in [0.15, 0.2) is 5.78 Å². The third-order valence-corrected chi connectivity index (χ3v) is 3.45. The fourth-order valence-corrected chi connectivity index (χ4v) is 2.23. The van der Waals surface area contributed by atoms with Gasteiger partial charge in [-0.15, -0.1) is 0 Å². The molecule has 116 valence electrons. The zero-order valence-electron chi connectivity index (χ0n) is 12.3. The third-order valence-electron chi connectivity index (χ3n) is 3.45. The number of ether oxygens (including phenoxy) is 1. The summed E-state index contributed by atoms with van der Waals surface area (Å²) in [6.45, 7) is 3.18. The second kappa shape index (κ2) is 6.01. The van der Waals surface area contributed by atoms with Crippen LogP contribution in [0.3, 0.4) is 0 Å². The number of hydrogen-bond donors (Lipinski definition) is 2. The normalized spacial score (nSPS) is 17.6. The van der Waals surface area contributed by atoms with Crippen LogP contribution in [0, 0.1) is 0 Å². The van der Waals surface area contributed by atoms with E-state index >= 15 is 0 Å². The van der Waals surface area contributed by atoms with Gasteiger partial charge in [-0.3, -0.25) is 14.4 Å². The summed E-state index contributed by atoms with van der Waals surface area (Å²) in [4.78, 5) is 35.0. The Morgan fingerprint density at radius 1 is 1.36 bits per heavy atom. The molecule has 0 bridgehead atoms. The first-order valence-electron chi connectivity index (χ1n) is 6.84. The molecule has 6 nitrogen and oxygen atoms in total. The average molecular weight is 304 g/mol. The molecule has 22 heavy (non-hydrogen) atoms. The number of allylic oxidation sites excluding steroid dienone is 1. The molecule has 1 aromatic rings. The molecule has 0 aliphatic carbocycles. The highest BCUT2D eigenvalue weighted by atomic mass is 16.5. The molecule has 0 amide bonds. The number of carbonyl (C=O) groups excluding carboxylic acids is 3. The highest BCUT2D eigenvalue weighted by Gasteiger charge is 2.31. The van der Waals surface area contributed by atoms with E-state index in [-0.39, 0.29) is 41.4 Å². The number of rotatable bonds is 4. The minimum atomic E-state index is -0.713. The molecule has 0 spiro atoms. The van der Waals surface area contributed by atoms with Crippen LogP contribution in [0.2, 0.25) is 0 Å². The maximum atomic E-state index is 12.1. The predicted molar refractivity (Wildman–Crippen MR) is 77.2 cm³/mol. The lowest BCUT2D eigenvalue weighted by molar-refractivity contribution is -0.133. The van der Waals surface area contributed by atoms with Crippen molar-refractivity contribution in [2.24, 2.45) is 0 Å². The van der Waals surface area contributed by atoms with Crippen molar-refractivity contribution in [3.63, 3.8) is 0 Å². The van der Waals surface area contributed by atoms with Gasteiger partial charge in [0.05, 0.1) is 6.42 Å². The number of phenolic OH excluding ortho intramolecular Hbond substituents is 2. The van der Waals surface area contributed by atoms with Gasteiger partial charge in [-0.1, -0.05) is 6.92 Å². The summed E-state index contributed by atoms with van der Waals surface area (Å²) in [5.41, 5.74) is 0.450. The summed E-state index contributed by atoms with van der Waals surface area (Å²) in [5.74, 6) is -2.04. The fourth-order valence-electron chi connectivity index (χ4n) is 2.23. The summed E-state index contributed by atoms with van der Waals surface area (Å²) in [5, 5.41) is 19.2. The number of Topliss-reactive ketones (excluding diaryl/α,β-unsaturated/α-hetero) is 2. The summed E-state index contributed by atoms with van der Waals surface area (Å²) in [6.07, 6.45) is 0.505. The van der Waals surface area contributed by atoms with E-state index in [2.05, 4.69) is 0 Å². The second-order valence-electron chi connectivity index (χ2n) is 5.10. The molecule has 0 saturated carbocycles. The van der Waals surface area contributed by atoms with Gasteiger partial charge in [-0.2, -0.15) is 0 Å². The van der Waals surface area contributed by atoms with E-state index < -0.39 is 17.7 Å². The van der Waals surface area contributed by atoms with E-state index in [1.165, 1.54) is 6.07 Å². The molecule has 2 rings (SSSR count). The predicted octanol–water partition coefficient (Wildman–Crippen LogP) is 1.93. The van der Waals surface area contributed by atoms with Crippen LogP contribution < -0.4 is 4.74 Å². The Bertz CT molecular complexity index is 686. The minimum Gasteiger partial charge on any atom is -0.508 e. The van der Waals surface area contributed by atoms with Crippen molar-refractivity contribution < 1.29 is 29.3 Å². The van der Waals surface area contributed by atoms with E-state index in [1.54, 1.807) is 13.8 Å². The summed E-state index contributed by atoms with van der Waals surface area (Å²) >= 11 is 0. The van der Waals surface area contributed by atoms with Crippen molar-refractivity contribution in [1.82, 2.24) is 0 Å². The van der Waals surface area contributed by atoms with Crippen molar-refractivity contribution in [1.29, 1.82) is 0 Å². The SMILES string of the molecule is CCC(=O)C(=O)/C=C(\C)C1CC(=O)c2c(O)cc(O)cc2O1. The number of fused-ring (bicyclic) bond motifs is 1. The van der Waals surface area contributed by atoms with Crippen LogP contribution in [0.15, 0.2) is 23.8 Å². The van der Waals surface area contributed by atoms with Gasteiger partial charge < -0.3 is 14.9 Å². The largest absolute Gasteiger partial charge is 0.508 e. The lowest BCUT2D eigenvalue weighted by Gasteiger charge is -2.26. The van der Waals surface area contributed by atoms with Crippen LogP contribution in [-0.2, 0) is 9.59 Å². The zero-order valence-corrected chi connectivity index (χ0v) is 12.3. The number of hydrogen-bond acceptors (Lipinski definition) is 6. The molecule has 0 fully saturated rings. The van der Waals surface area contributed by atoms with Crippen LogP contribution in [0.5, 0.6) is 17.2 Å². The van der Waals surface area contributed by atoms with Crippen molar-refractivity contribution in [2.45, 2.75) is 32.8 Å². The minimum absolute atomic E-state index is 0.0119. The molecule has 0 saturated heterocycles. The van der Waals surface area contributed by atoms with Gasteiger partial charge in [0.2, 0.25) is 11.6 Å². The van der Waals surface area contributed by atoms with Gasteiger partial charge in [0.1, 0.15) is 28.9 Å². The topological polar surface area (TPSA) is 101 Å². The lowest BCUT2D eigenvalue weighted by atomic mass is 9.95. The average Bonchev–Trinajstić information content (AvgIpc) is 2.44. The van der Waals surface area contributed by atoms with Crippen molar-refractivity contribution in [2.75, 3.05) is 0 Å². The number of carbonyl (C=O) groups is 3. The van der Waals surface area contributed by atoms with Crippen LogP contribution in [-0.4, -0.2) is 33.7 Å². The van der Waals surface area contributed by atoms with Crippen molar-refractivity contribution in [3.8, 4) is 17.2 Å². The fraction of sp³-hybridized carbons (Fsp3) is 0.312. The van der Waals surface area contributed by atoms with Gasteiger partial charge in [-0.25, -0.2) is 0 Å². The molecule has 1 aliphatic heterocycles.